The van der Waals surface area contributed by atoms with Gasteiger partial charge in [0, 0.05) is 105 Å². The van der Waals surface area contributed by atoms with Crippen LogP contribution in [0.25, 0.3) is 0 Å². The fourth-order valence-electron chi connectivity index (χ4n) is 11.7. The number of hydrogen-bond donors (Lipinski definition) is 3. The summed E-state index contributed by atoms with van der Waals surface area (Å²) in [6.07, 6.45) is 17.5. The Morgan fingerprint density at radius 1 is 0.453 bits per heavy atom. The van der Waals surface area contributed by atoms with E-state index in [-0.39, 0.29) is 80.4 Å². The molecule has 620 valence electrons. The van der Waals surface area contributed by atoms with Crippen molar-refractivity contribution < 1.29 is 132 Å². The van der Waals surface area contributed by atoms with Crippen LogP contribution < -0.4 is 0 Å². The Balaban J connectivity index is 0.000000601. The van der Waals surface area contributed by atoms with Gasteiger partial charge in [-0.3, -0.25) is 33.6 Å². The first kappa shape index (κ1) is 99.8. The number of esters is 4. The van der Waals surface area contributed by atoms with Crippen molar-refractivity contribution in [1.82, 2.24) is 0 Å². The molecule has 9 fully saturated rings. The van der Waals surface area contributed by atoms with Gasteiger partial charge in [0.2, 0.25) is 6.29 Å². The fourth-order valence-corrected chi connectivity index (χ4v) is 11.7. The lowest BCUT2D eigenvalue weighted by atomic mass is 9.97. The molecule has 9 heterocycles. The highest BCUT2D eigenvalue weighted by molar-refractivity contribution is 5.82. The minimum absolute atomic E-state index is 0.0178. The van der Waals surface area contributed by atoms with Gasteiger partial charge in [-0.2, -0.15) is 8.78 Å². The molecule has 0 amide bonds. The zero-order valence-corrected chi connectivity index (χ0v) is 65.7. The van der Waals surface area contributed by atoms with E-state index in [0.717, 1.165) is 123 Å². The first-order valence-electron chi connectivity index (χ1n) is 38.5. The molecular weight excluding hydrogens is 1400 g/mol. The normalized spacial score (nSPS) is 30.2. The standard InChI is InChI=1S/C11H18F2O3.C11H18O4.C9H16F2O2.C9H14F2O2.C9H16O3.C9H16O.C8H14O3.C6H12O2.C6H10O2/c1-8-3-4-10(15-6-8)5-11(12,13)7-16-9(2)14;1-8-3-4-11(15-6-8)5-10(13)7-14-9(2)12;2*1-7-2-3-8(13-5-7)4-9(10,11)6-12;1-7-2-3-9(12-6-7)4-8(11)5-10;1-3-4-9-6-5-8(2)7-10-9;1-6-3-4-8(10-5-6)11-7(2)9;2*1-5-2-3-6(7)8-4-5/h8,10H,3-7H2,1-2H3;8,11H,3-7H2,1-2H3;7-8,12H,2-6H2,1H3;6-8H,2-5H2,1H3;7,9-10H,2-6H2,1H3;3,8-9H,1,4-7H2,2H3;6,8H,3-5H2,1-2H3;5-7H,2-4H2,1H3;5H,2-4H2,1H3/t8-,10+;8-,11+;2*7-,8+;7-,9+;8-,9-;6-,8?;5-,6?;5-/m000000000/s1. The van der Waals surface area contributed by atoms with E-state index in [1.54, 1.807) is 0 Å². The summed E-state index contributed by atoms with van der Waals surface area (Å²) >= 11 is 0. The molecule has 0 saturated carbocycles. The molecule has 28 heteroatoms. The number of ketones is 2. The number of aldehydes is 1. The quantitative estimate of drug-likeness (QED) is 0.0335. The number of carbonyl (C=O) groups excluding carboxylic acids is 7. The SMILES string of the molecule is C=CC[C@H]1CC[C@H](C)CO1.CC(=O)OC1CC[C@H](C)CO1.CC(=O)OCC(=O)C[C@H]1CC[C@H](C)CO1.CC(=O)OCC(F)(F)C[C@H]1CC[C@H](C)CO1.C[C@H]1CCC(=O)OC1.C[C@H]1CCC(O)OC1.C[C@H]1CC[C@H](CC(=O)CO)OC1.C[C@H]1CC[C@H](CC(F)(F)C=O)OC1.C[C@H]1CC[C@H](CC(F)(F)CO)OC1. The highest BCUT2D eigenvalue weighted by atomic mass is 19.3. The highest BCUT2D eigenvalue weighted by Crippen LogP contribution is 2.32. The van der Waals surface area contributed by atoms with Crippen LogP contribution in [-0.2, 0) is 90.4 Å². The molecule has 9 aliphatic heterocycles. The van der Waals surface area contributed by atoms with Crippen molar-refractivity contribution in [1.29, 1.82) is 0 Å². The van der Waals surface area contributed by atoms with Crippen molar-refractivity contribution in [2.75, 3.05) is 85.9 Å². The van der Waals surface area contributed by atoms with Crippen molar-refractivity contribution in [3.63, 3.8) is 0 Å². The maximum atomic E-state index is 13.3. The van der Waals surface area contributed by atoms with E-state index >= 15 is 0 Å². The Labute approximate surface area is 627 Å². The third-order valence-electron chi connectivity index (χ3n) is 18.6. The number of hydrogen-bond acceptors (Lipinski definition) is 22. The molecule has 9 aliphatic rings. The topological polar surface area (TPSA) is 291 Å². The molecule has 106 heavy (non-hydrogen) atoms. The van der Waals surface area contributed by atoms with E-state index in [1.807, 2.05) is 26.8 Å². The van der Waals surface area contributed by atoms with E-state index in [9.17, 15) is 59.9 Å². The lowest BCUT2D eigenvalue weighted by Crippen LogP contribution is -2.34. The summed E-state index contributed by atoms with van der Waals surface area (Å²) < 4.78 is 138. The van der Waals surface area contributed by atoms with Crippen LogP contribution in [0.5, 0.6) is 0 Å². The summed E-state index contributed by atoms with van der Waals surface area (Å²) in [5.41, 5.74) is 0. The summed E-state index contributed by atoms with van der Waals surface area (Å²) in [7, 11) is 0. The van der Waals surface area contributed by atoms with E-state index in [0.29, 0.717) is 125 Å². The Bertz CT molecular complexity index is 2330. The molecule has 0 aromatic carbocycles. The molecular formula is C78H134F6O22. The van der Waals surface area contributed by atoms with Crippen LogP contribution in [0.3, 0.4) is 0 Å². The molecule has 0 spiro atoms. The summed E-state index contributed by atoms with van der Waals surface area (Å²) in [6.45, 7) is 30.2. The first-order valence-corrected chi connectivity index (χ1v) is 38.5. The smallest absolute Gasteiger partial charge is 0.305 e. The number of Topliss-reactive ketones (excluding diaryl/α,β-unsaturated/α-hetero) is 2. The monoisotopic (exact) mass is 1540 g/mol. The average Bonchev–Trinajstić information content (AvgIpc) is 0.886. The van der Waals surface area contributed by atoms with Crippen LogP contribution in [0.1, 0.15) is 237 Å². The fraction of sp³-hybridized carbons (Fsp3) is 0.885. The molecule has 3 N–H and O–H groups in total. The van der Waals surface area contributed by atoms with E-state index < -0.39 is 67.8 Å². The van der Waals surface area contributed by atoms with Crippen molar-refractivity contribution in [2.45, 2.75) is 304 Å². The molecule has 0 aromatic heterocycles. The van der Waals surface area contributed by atoms with Gasteiger partial charge in [0.05, 0.1) is 56.4 Å². The summed E-state index contributed by atoms with van der Waals surface area (Å²) in [4.78, 5) is 73.9. The summed E-state index contributed by atoms with van der Waals surface area (Å²) in [6, 6.07) is 0. The number of carbonyl (C=O) groups is 7. The molecule has 9 saturated heterocycles. The van der Waals surface area contributed by atoms with Crippen molar-refractivity contribution in [2.24, 2.45) is 53.3 Å². The predicted molar refractivity (Wildman–Crippen MR) is 385 cm³/mol. The number of rotatable bonds is 20. The Kier molecular flexibility index (Phi) is 52.8. The Morgan fingerprint density at radius 2 is 0.821 bits per heavy atom. The first-order chi connectivity index (χ1) is 49.8. The third-order valence-corrected chi connectivity index (χ3v) is 18.6. The van der Waals surface area contributed by atoms with Gasteiger partial charge in [-0.25, -0.2) is 17.6 Å². The zero-order valence-electron chi connectivity index (χ0n) is 65.7. The molecule has 2 unspecified atom stereocenters. The number of aliphatic hydroxyl groups is 3. The van der Waals surface area contributed by atoms with Gasteiger partial charge < -0.3 is 72.2 Å². The summed E-state index contributed by atoms with van der Waals surface area (Å²) in [5.74, 6) is -5.62. The molecule has 22 nitrogen and oxygen atoms in total. The second-order valence-electron chi connectivity index (χ2n) is 30.8. The van der Waals surface area contributed by atoms with Crippen LogP contribution in [0.4, 0.5) is 26.3 Å². The number of ether oxygens (including phenoxy) is 12. The van der Waals surface area contributed by atoms with Gasteiger partial charge in [-0.1, -0.05) is 68.4 Å². The molecule has 0 aliphatic carbocycles. The lowest BCUT2D eigenvalue weighted by Gasteiger charge is -2.29. The second kappa shape index (κ2) is 56.1. The van der Waals surface area contributed by atoms with Crippen molar-refractivity contribution in [3.8, 4) is 0 Å². The summed E-state index contributed by atoms with van der Waals surface area (Å²) in [5, 5.41) is 25.7. The highest BCUT2D eigenvalue weighted by Gasteiger charge is 2.38. The van der Waals surface area contributed by atoms with Crippen LogP contribution in [0, 0.1) is 53.3 Å². The molecule has 0 aromatic rings. The van der Waals surface area contributed by atoms with Crippen molar-refractivity contribution in [3.05, 3.63) is 12.7 Å². The largest absolute Gasteiger partial charge is 0.465 e. The van der Waals surface area contributed by atoms with Gasteiger partial charge in [0.25, 0.3) is 11.8 Å². The van der Waals surface area contributed by atoms with Crippen molar-refractivity contribution >= 4 is 41.7 Å². The van der Waals surface area contributed by atoms with Crippen LogP contribution >= 0.6 is 0 Å². The number of halogens is 6. The van der Waals surface area contributed by atoms with E-state index in [1.165, 1.54) is 26.7 Å². The maximum Gasteiger partial charge on any atom is 0.305 e. The zero-order chi connectivity index (χ0) is 79.8. The van der Waals surface area contributed by atoms with Crippen LogP contribution in [-0.4, -0.2) is 210 Å². The maximum absolute atomic E-state index is 13.3. The van der Waals surface area contributed by atoms with E-state index in [2.05, 4.69) is 57.6 Å². The minimum Gasteiger partial charge on any atom is -0.465 e. The molecule has 17 atom stereocenters. The van der Waals surface area contributed by atoms with Gasteiger partial charge in [-0.05, 0) is 162 Å². The Morgan fingerprint density at radius 3 is 1.13 bits per heavy atom. The van der Waals surface area contributed by atoms with Gasteiger partial charge in [0.15, 0.2) is 30.7 Å². The van der Waals surface area contributed by atoms with E-state index in [4.69, 9.17) is 62.7 Å². The molecule has 0 radical (unpaired) electrons. The Hall–Kier alpha value is -4.23. The predicted octanol–water partition coefficient (Wildman–Crippen LogP) is 13.7. The van der Waals surface area contributed by atoms with Gasteiger partial charge >= 0.3 is 29.8 Å². The minimum atomic E-state index is -3.22. The molecule has 0 bridgehead atoms. The second-order valence-corrected chi connectivity index (χ2v) is 30.8. The average molecular weight is 1540 g/mol. The number of aliphatic hydroxyl groups excluding tert-OH is 3. The van der Waals surface area contributed by atoms with Crippen LogP contribution in [0.2, 0.25) is 0 Å². The van der Waals surface area contributed by atoms with Gasteiger partial charge in [-0.15, -0.1) is 6.58 Å². The lowest BCUT2D eigenvalue weighted by molar-refractivity contribution is -0.189. The number of alkyl halides is 6. The number of cyclic esters (lactones) is 1. The molecule has 9 rings (SSSR count). The third kappa shape index (κ3) is 53.6. The van der Waals surface area contributed by atoms with Crippen LogP contribution in [0.15, 0.2) is 12.7 Å². The van der Waals surface area contributed by atoms with Gasteiger partial charge in [0.1, 0.15) is 19.8 Å².